The molecule has 0 aliphatic heterocycles. The van der Waals surface area contributed by atoms with Crippen molar-refractivity contribution in [3.63, 3.8) is 0 Å². The fourth-order valence-electron chi connectivity index (χ4n) is 5.39. The van der Waals surface area contributed by atoms with Gasteiger partial charge in [-0.3, -0.25) is 19.4 Å². The van der Waals surface area contributed by atoms with Crippen LogP contribution >= 0.6 is 11.3 Å². The van der Waals surface area contributed by atoms with Crippen LogP contribution in [0.5, 0.6) is 5.75 Å². The van der Waals surface area contributed by atoms with E-state index in [9.17, 15) is 19.5 Å². The molecule has 2 amide bonds. The standard InChI is InChI=1S/C40H49N3O5S/c1-7-8-9-10-11-22-48-32-18-16-29(17-19-32)31-23-26(2)36(41-25-31)30-14-12-28(13-15-30)24-33(37(44)42-27(3)39(46)47)43-38(45)34-20-21-35(49-34)40(4,5)6/h12-21,23,25,27,33H,7-11,22,24H2,1-6H3,(H,42,44)(H,43,45)(H,46,47). The van der Waals surface area contributed by atoms with Crippen LogP contribution in [0.4, 0.5) is 0 Å². The molecule has 0 saturated carbocycles. The first-order chi connectivity index (χ1) is 23.3. The molecule has 2 heterocycles. The van der Waals surface area contributed by atoms with E-state index in [0.29, 0.717) is 4.88 Å². The molecular weight excluding hydrogens is 635 g/mol. The summed E-state index contributed by atoms with van der Waals surface area (Å²) in [7, 11) is 0. The van der Waals surface area contributed by atoms with Gasteiger partial charge in [0.1, 0.15) is 17.8 Å². The Morgan fingerprint density at radius 1 is 0.878 bits per heavy atom. The van der Waals surface area contributed by atoms with Gasteiger partial charge in [0.2, 0.25) is 5.91 Å². The van der Waals surface area contributed by atoms with Gasteiger partial charge in [-0.05, 0) is 72.7 Å². The third-order valence-electron chi connectivity index (χ3n) is 8.37. The van der Waals surface area contributed by atoms with Crippen molar-refractivity contribution in [2.75, 3.05) is 6.61 Å². The largest absolute Gasteiger partial charge is 0.494 e. The molecule has 3 N–H and O–H groups in total. The van der Waals surface area contributed by atoms with Crippen molar-refractivity contribution < 1.29 is 24.2 Å². The van der Waals surface area contributed by atoms with E-state index in [2.05, 4.69) is 56.5 Å². The Kier molecular flexibility index (Phi) is 13.1. The molecule has 2 unspecified atom stereocenters. The maximum atomic E-state index is 13.2. The molecule has 0 spiro atoms. The highest BCUT2D eigenvalue weighted by Gasteiger charge is 2.26. The molecule has 49 heavy (non-hydrogen) atoms. The molecule has 0 saturated heterocycles. The first-order valence-electron chi connectivity index (χ1n) is 17.1. The molecular formula is C40H49N3O5S. The molecule has 0 radical (unpaired) electrons. The quantitative estimate of drug-likeness (QED) is 0.102. The molecule has 2 aromatic carbocycles. The van der Waals surface area contributed by atoms with Crippen LogP contribution in [0.1, 0.15) is 92.4 Å². The minimum Gasteiger partial charge on any atom is -0.494 e. The molecule has 260 valence electrons. The summed E-state index contributed by atoms with van der Waals surface area (Å²) in [5.41, 5.74) is 5.58. The Morgan fingerprint density at radius 2 is 1.55 bits per heavy atom. The van der Waals surface area contributed by atoms with Gasteiger partial charge in [0, 0.05) is 28.6 Å². The molecule has 0 aliphatic rings. The van der Waals surface area contributed by atoms with Crippen molar-refractivity contribution in [2.45, 2.75) is 97.6 Å². The van der Waals surface area contributed by atoms with Gasteiger partial charge in [-0.15, -0.1) is 11.3 Å². The summed E-state index contributed by atoms with van der Waals surface area (Å²) < 4.78 is 5.92. The number of carboxylic acid groups (broad SMARTS) is 1. The Hall–Kier alpha value is -4.50. The fraction of sp³-hybridized carbons (Fsp3) is 0.400. The summed E-state index contributed by atoms with van der Waals surface area (Å²) in [6.07, 6.45) is 8.10. The van der Waals surface area contributed by atoms with Crippen molar-refractivity contribution in [3.05, 3.63) is 93.8 Å². The number of hydrogen-bond acceptors (Lipinski definition) is 6. The number of rotatable bonds is 16. The number of unbranched alkanes of at least 4 members (excludes halogenated alkanes) is 4. The predicted octanol–water partition coefficient (Wildman–Crippen LogP) is 8.36. The molecule has 8 nitrogen and oxygen atoms in total. The highest BCUT2D eigenvalue weighted by atomic mass is 32.1. The number of aromatic nitrogens is 1. The van der Waals surface area contributed by atoms with Gasteiger partial charge in [0.25, 0.3) is 5.91 Å². The maximum absolute atomic E-state index is 13.2. The first-order valence-corrected chi connectivity index (χ1v) is 17.9. The zero-order chi connectivity index (χ0) is 35.6. The Morgan fingerprint density at radius 3 is 2.16 bits per heavy atom. The van der Waals surface area contributed by atoms with Crippen molar-refractivity contribution in [1.29, 1.82) is 0 Å². The van der Waals surface area contributed by atoms with Crippen LogP contribution in [0.2, 0.25) is 0 Å². The van der Waals surface area contributed by atoms with Gasteiger partial charge in [-0.1, -0.05) is 89.8 Å². The zero-order valence-electron chi connectivity index (χ0n) is 29.5. The Labute approximate surface area is 294 Å². The van der Waals surface area contributed by atoms with Crippen LogP contribution in [0.3, 0.4) is 0 Å². The summed E-state index contributed by atoms with van der Waals surface area (Å²) >= 11 is 1.38. The smallest absolute Gasteiger partial charge is 0.325 e. The van der Waals surface area contributed by atoms with E-state index in [1.54, 1.807) is 6.07 Å². The first kappa shape index (κ1) is 37.3. The van der Waals surface area contributed by atoms with Gasteiger partial charge in [0.05, 0.1) is 17.2 Å². The molecule has 2 atom stereocenters. The van der Waals surface area contributed by atoms with Crippen LogP contribution in [-0.4, -0.2) is 46.6 Å². The third kappa shape index (κ3) is 10.7. The monoisotopic (exact) mass is 683 g/mol. The van der Waals surface area contributed by atoms with E-state index in [1.807, 2.05) is 55.6 Å². The van der Waals surface area contributed by atoms with Crippen LogP contribution < -0.4 is 15.4 Å². The van der Waals surface area contributed by atoms with Gasteiger partial charge >= 0.3 is 5.97 Å². The summed E-state index contributed by atoms with van der Waals surface area (Å²) in [5, 5.41) is 14.7. The fourth-order valence-corrected chi connectivity index (χ4v) is 6.35. The lowest BCUT2D eigenvalue weighted by molar-refractivity contribution is -0.141. The van der Waals surface area contributed by atoms with Crippen LogP contribution in [0.25, 0.3) is 22.4 Å². The second kappa shape index (κ2) is 17.2. The lowest BCUT2D eigenvalue weighted by atomic mass is 9.95. The topological polar surface area (TPSA) is 118 Å². The Balaban J connectivity index is 1.43. The highest BCUT2D eigenvalue weighted by Crippen LogP contribution is 2.30. The van der Waals surface area contributed by atoms with Gasteiger partial charge in [-0.2, -0.15) is 0 Å². The summed E-state index contributed by atoms with van der Waals surface area (Å²) in [6, 6.07) is 19.6. The number of thiophene rings is 1. The number of hydrogen-bond donors (Lipinski definition) is 3. The number of carbonyl (C=O) groups excluding carboxylic acids is 2. The second-order valence-electron chi connectivity index (χ2n) is 13.6. The average Bonchev–Trinajstić information content (AvgIpc) is 3.58. The molecule has 0 bridgehead atoms. The van der Waals surface area contributed by atoms with E-state index in [0.717, 1.165) is 57.2 Å². The lowest BCUT2D eigenvalue weighted by Crippen LogP contribution is -2.51. The van der Waals surface area contributed by atoms with Crippen LogP contribution in [0, 0.1) is 6.92 Å². The second-order valence-corrected chi connectivity index (χ2v) is 14.7. The van der Waals surface area contributed by atoms with Gasteiger partial charge < -0.3 is 20.5 Å². The maximum Gasteiger partial charge on any atom is 0.325 e. The minimum absolute atomic E-state index is 0.111. The van der Waals surface area contributed by atoms with E-state index in [1.165, 1.54) is 43.9 Å². The van der Waals surface area contributed by atoms with Gasteiger partial charge in [0.15, 0.2) is 0 Å². The summed E-state index contributed by atoms with van der Waals surface area (Å²) in [5.74, 6) is -1.22. The summed E-state index contributed by atoms with van der Waals surface area (Å²) in [6.45, 7) is 12.6. The Bertz CT molecular complexity index is 1710. The normalized spacial score (nSPS) is 12.6. The lowest BCUT2D eigenvalue weighted by Gasteiger charge is -2.20. The molecule has 2 aromatic heterocycles. The number of pyridine rings is 1. The number of nitrogens with zero attached hydrogens (tertiary/aromatic N) is 1. The average molecular weight is 684 g/mol. The van der Waals surface area contributed by atoms with E-state index < -0.39 is 24.0 Å². The molecule has 4 aromatic rings. The molecule has 9 heteroatoms. The molecule has 0 fully saturated rings. The predicted molar refractivity (Wildman–Crippen MR) is 197 cm³/mol. The molecule has 4 rings (SSSR count). The number of carbonyl (C=O) groups is 3. The van der Waals surface area contributed by atoms with Crippen LogP contribution in [-0.2, 0) is 21.4 Å². The number of ether oxygens (including phenoxy) is 1. The highest BCUT2D eigenvalue weighted by molar-refractivity contribution is 7.14. The number of aliphatic carboxylic acids is 1. The van der Waals surface area contributed by atoms with Crippen molar-refractivity contribution in [3.8, 4) is 28.1 Å². The number of benzene rings is 2. The summed E-state index contributed by atoms with van der Waals surface area (Å²) in [4.78, 5) is 44.1. The number of amides is 2. The third-order valence-corrected chi connectivity index (χ3v) is 9.88. The van der Waals surface area contributed by atoms with E-state index in [-0.39, 0.29) is 17.7 Å². The van der Waals surface area contributed by atoms with E-state index >= 15 is 0 Å². The van der Waals surface area contributed by atoms with Crippen molar-refractivity contribution in [1.82, 2.24) is 15.6 Å². The SMILES string of the molecule is CCCCCCCOc1ccc(-c2cnc(-c3ccc(CC(NC(=O)c4ccc(C(C)(C)C)s4)C(=O)NC(C)C(=O)O)cc3)c(C)c2)cc1. The zero-order valence-corrected chi connectivity index (χ0v) is 30.3. The molecule has 0 aliphatic carbocycles. The van der Waals surface area contributed by atoms with E-state index in [4.69, 9.17) is 9.72 Å². The number of carboxylic acids is 1. The van der Waals surface area contributed by atoms with Crippen molar-refractivity contribution >= 4 is 29.1 Å². The minimum atomic E-state index is -1.15. The van der Waals surface area contributed by atoms with Crippen LogP contribution in [0.15, 0.2) is 72.9 Å². The number of nitrogens with one attached hydrogen (secondary N) is 2. The number of aryl methyl sites for hydroxylation is 1. The van der Waals surface area contributed by atoms with Gasteiger partial charge in [-0.25, -0.2) is 0 Å². The van der Waals surface area contributed by atoms with Crippen molar-refractivity contribution in [2.24, 2.45) is 0 Å².